The Labute approximate surface area is 113 Å². The van der Waals surface area contributed by atoms with Gasteiger partial charge in [0.25, 0.3) is 0 Å². The quantitative estimate of drug-likeness (QED) is 0.820. The van der Waals surface area contributed by atoms with E-state index in [-0.39, 0.29) is 22.8 Å². The molecule has 1 aromatic carbocycles. The number of hydrogen-bond acceptors (Lipinski definition) is 4. The molecule has 1 saturated carbocycles. The normalized spacial score (nSPS) is 16.7. The number of phenols is 2. The van der Waals surface area contributed by atoms with E-state index in [9.17, 15) is 15.0 Å². The second kappa shape index (κ2) is 6.06. The number of ketones is 1. The summed E-state index contributed by atoms with van der Waals surface area (Å²) in [6, 6.07) is 4.57. The molecule has 2 N–H and O–H groups in total. The molecule has 1 aliphatic carbocycles. The van der Waals surface area contributed by atoms with Crippen molar-refractivity contribution in [3.05, 3.63) is 23.8 Å². The van der Waals surface area contributed by atoms with Crippen LogP contribution < -0.4 is 0 Å². The molecule has 0 spiro atoms. The third-order valence-electron chi connectivity index (χ3n) is 3.87. The molecule has 19 heavy (non-hydrogen) atoms. The van der Waals surface area contributed by atoms with Crippen molar-refractivity contribution < 1.29 is 15.0 Å². The summed E-state index contributed by atoms with van der Waals surface area (Å²) in [5.74, 6) is -0.290. The van der Waals surface area contributed by atoms with Crippen molar-refractivity contribution in [3.8, 4) is 11.5 Å². The Kier molecular flexibility index (Phi) is 4.43. The molecule has 1 fully saturated rings. The summed E-state index contributed by atoms with van der Waals surface area (Å²) < 4.78 is 0. The Morgan fingerprint density at radius 3 is 2.58 bits per heavy atom. The predicted molar refractivity (Wildman–Crippen MR) is 73.6 cm³/mol. The van der Waals surface area contributed by atoms with E-state index >= 15 is 0 Å². The highest BCUT2D eigenvalue weighted by atomic mass is 16.3. The maximum absolute atomic E-state index is 12.1. The zero-order chi connectivity index (χ0) is 13.8. The van der Waals surface area contributed by atoms with Gasteiger partial charge in [-0.15, -0.1) is 0 Å². The summed E-state index contributed by atoms with van der Waals surface area (Å²) >= 11 is 0. The van der Waals surface area contributed by atoms with E-state index in [0.29, 0.717) is 12.6 Å². The fourth-order valence-electron chi connectivity index (χ4n) is 2.72. The van der Waals surface area contributed by atoms with Crippen LogP contribution >= 0.6 is 0 Å². The van der Waals surface area contributed by atoms with Gasteiger partial charge in [-0.05, 0) is 32.0 Å². The Morgan fingerprint density at radius 2 is 1.95 bits per heavy atom. The molecule has 0 aliphatic heterocycles. The Morgan fingerprint density at radius 1 is 1.26 bits per heavy atom. The van der Waals surface area contributed by atoms with Gasteiger partial charge in [-0.2, -0.15) is 0 Å². The van der Waals surface area contributed by atoms with Crippen LogP contribution in [0, 0.1) is 0 Å². The summed E-state index contributed by atoms with van der Waals surface area (Å²) in [5.41, 5.74) is 0.278. The van der Waals surface area contributed by atoms with Crippen molar-refractivity contribution in [2.45, 2.75) is 38.1 Å². The van der Waals surface area contributed by atoms with Gasteiger partial charge < -0.3 is 10.2 Å². The number of likely N-dealkylation sites (N-methyl/N-ethyl adjacent to an activating group) is 1. The minimum absolute atomic E-state index is 0.0327. The first-order chi connectivity index (χ1) is 9.08. The summed E-state index contributed by atoms with van der Waals surface area (Å²) in [5, 5.41) is 18.9. The zero-order valence-corrected chi connectivity index (χ0v) is 11.3. The number of Topliss-reactive ketones (excluding diaryl/α,β-unsaturated/α-hetero) is 1. The number of carbonyl (C=O) groups excluding carboxylic acids is 1. The summed E-state index contributed by atoms with van der Waals surface area (Å²) in [6.45, 7) is 0.309. The third kappa shape index (κ3) is 3.47. The number of benzene rings is 1. The Hall–Kier alpha value is -1.55. The maximum Gasteiger partial charge on any atom is 0.180 e. The lowest BCUT2D eigenvalue weighted by molar-refractivity contribution is 0.0897. The number of hydrogen-bond donors (Lipinski definition) is 2. The average Bonchev–Trinajstić information content (AvgIpc) is 2.39. The molecule has 1 aromatic rings. The average molecular weight is 263 g/mol. The number of phenolic OH excluding ortho intramolecular Hbond substituents is 2. The highest BCUT2D eigenvalue weighted by Gasteiger charge is 2.21. The summed E-state index contributed by atoms with van der Waals surface area (Å²) in [4.78, 5) is 14.2. The van der Waals surface area contributed by atoms with Gasteiger partial charge in [-0.3, -0.25) is 9.69 Å². The molecular weight excluding hydrogens is 242 g/mol. The molecule has 0 saturated heterocycles. The molecule has 0 bridgehead atoms. The predicted octanol–water partition coefficient (Wildman–Crippen LogP) is 2.55. The largest absolute Gasteiger partial charge is 0.508 e. The molecule has 104 valence electrons. The van der Waals surface area contributed by atoms with Crippen LogP contribution in [-0.4, -0.2) is 40.5 Å². The van der Waals surface area contributed by atoms with Crippen molar-refractivity contribution in [1.29, 1.82) is 0 Å². The number of carbonyl (C=O) groups is 1. The molecule has 2 rings (SSSR count). The highest BCUT2D eigenvalue weighted by Crippen LogP contribution is 2.25. The SMILES string of the molecule is CN(CC(=O)c1ccc(O)cc1O)C1CCCCC1. The van der Waals surface area contributed by atoms with Gasteiger partial charge >= 0.3 is 0 Å². The molecule has 0 unspecified atom stereocenters. The molecule has 0 atom stereocenters. The van der Waals surface area contributed by atoms with Crippen LogP contribution in [-0.2, 0) is 0 Å². The van der Waals surface area contributed by atoms with Crippen molar-refractivity contribution >= 4 is 5.78 Å². The van der Waals surface area contributed by atoms with Gasteiger partial charge in [0, 0.05) is 12.1 Å². The van der Waals surface area contributed by atoms with Crippen molar-refractivity contribution in [1.82, 2.24) is 4.90 Å². The first-order valence-electron chi connectivity index (χ1n) is 6.83. The van der Waals surface area contributed by atoms with Gasteiger partial charge in [0.2, 0.25) is 0 Å². The molecule has 0 heterocycles. The topological polar surface area (TPSA) is 60.8 Å². The van der Waals surface area contributed by atoms with Crippen molar-refractivity contribution in [3.63, 3.8) is 0 Å². The Balaban J connectivity index is 1.99. The van der Waals surface area contributed by atoms with Gasteiger partial charge in [0.15, 0.2) is 5.78 Å². The van der Waals surface area contributed by atoms with Gasteiger partial charge in [0.05, 0.1) is 12.1 Å². The van der Waals surface area contributed by atoms with Crippen LogP contribution in [0.1, 0.15) is 42.5 Å². The summed E-state index contributed by atoms with van der Waals surface area (Å²) in [7, 11) is 1.96. The van der Waals surface area contributed by atoms with Gasteiger partial charge in [-0.25, -0.2) is 0 Å². The number of nitrogens with zero attached hydrogens (tertiary/aromatic N) is 1. The minimum atomic E-state index is -0.151. The van der Waals surface area contributed by atoms with Crippen LogP contribution in [0.4, 0.5) is 0 Å². The van der Waals surface area contributed by atoms with Crippen LogP contribution in [0.15, 0.2) is 18.2 Å². The fraction of sp³-hybridized carbons (Fsp3) is 0.533. The molecule has 0 amide bonds. The number of aromatic hydroxyl groups is 2. The lowest BCUT2D eigenvalue weighted by Gasteiger charge is -2.30. The molecule has 0 aromatic heterocycles. The molecule has 4 heteroatoms. The van der Waals surface area contributed by atoms with Gasteiger partial charge in [-0.1, -0.05) is 19.3 Å². The lowest BCUT2D eigenvalue weighted by Crippen LogP contribution is -2.37. The van der Waals surface area contributed by atoms with Crippen LogP contribution in [0.25, 0.3) is 0 Å². The molecule has 4 nitrogen and oxygen atoms in total. The summed E-state index contributed by atoms with van der Waals surface area (Å²) in [6.07, 6.45) is 6.04. The second-order valence-electron chi connectivity index (χ2n) is 5.33. The maximum atomic E-state index is 12.1. The standard InChI is InChI=1S/C15H21NO3/c1-16(11-5-3-2-4-6-11)10-15(19)13-8-7-12(17)9-14(13)18/h7-9,11,17-18H,2-6,10H2,1H3. The van der Waals surface area contributed by atoms with Crippen LogP contribution in [0.2, 0.25) is 0 Å². The van der Waals surface area contributed by atoms with Crippen LogP contribution in [0.5, 0.6) is 11.5 Å². The lowest BCUT2D eigenvalue weighted by atomic mass is 9.94. The van der Waals surface area contributed by atoms with E-state index in [1.165, 1.54) is 37.5 Å². The smallest absolute Gasteiger partial charge is 0.180 e. The highest BCUT2D eigenvalue weighted by molar-refractivity contribution is 6.00. The Bertz CT molecular complexity index is 453. The second-order valence-corrected chi connectivity index (χ2v) is 5.33. The first-order valence-corrected chi connectivity index (χ1v) is 6.83. The van der Waals surface area contributed by atoms with E-state index < -0.39 is 0 Å². The molecule has 1 aliphatic rings. The molecule has 0 radical (unpaired) electrons. The van der Waals surface area contributed by atoms with Crippen LogP contribution in [0.3, 0.4) is 0 Å². The van der Waals surface area contributed by atoms with E-state index in [2.05, 4.69) is 4.90 Å². The molecular formula is C15H21NO3. The minimum Gasteiger partial charge on any atom is -0.508 e. The van der Waals surface area contributed by atoms with E-state index in [1.54, 1.807) is 0 Å². The zero-order valence-electron chi connectivity index (χ0n) is 11.3. The van der Waals surface area contributed by atoms with Crippen molar-refractivity contribution in [2.75, 3.05) is 13.6 Å². The van der Waals surface area contributed by atoms with Crippen molar-refractivity contribution in [2.24, 2.45) is 0 Å². The fourth-order valence-corrected chi connectivity index (χ4v) is 2.72. The number of rotatable bonds is 4. The van der Waals surface area contributed by atoms with Gasteiger partial charge in [0.1, 0.15) is 11.5 Å². The van der Waals surface area contributed by atoms with E-state index in [1.807, 2.05) is 7.05 Å². The monoisotopic (exact) mass is 263 g/mol. The first kappa shape index (κ1) is 13.9. The van der Waals surface area contributed by atoms with E-state index in [4.69, 9.17) is 0 Å². The third-order valence-corrected chi connectivity index (χ3v) is 3.87. The van der Waals surface area contributed by atoms with E-state index in [0.717, 1.165) is 12.8 Å².